The molecule has 4 rings (SSSR count). The van der Waals surface area contributed by atoms with Gasteiger partial charge in [-0.25, -0.2) is 10.1 Å². The summed E-state index contributed by atoms with van der Waals surface area (Å²) in [5.74, 6) is 0.979. The third-order valence-electron chi connectivity index (χ3n) is 4.46. The Morgan fingerprint density at radius 2 is 1.94 bits per heavy atom. The van der Waals surface area contributed by atoms with Crippen LogP contribution >= 0.6 is 0 Å². The minimum atomic E-state index is -0.294. The highest BCUT2D eigenvalue weighted by atomic mass is 16.5. The smallest absolute Gasteiger partial charge is 0.259 e. The molecule has 31 heavy (non-hydrogen) atoms. The van der Waals surface area contributed by atoms with Gasteiger partial charge in [-0.2, -0.15) is 10.2 Å². The molecular weight excluding hydrogens is 394 g/mol. The van der Waals surface area contributed by atoms with Gasteiger partial charge in [-0.15, -0.1) is 0 Å². The van der Waals surface area contributed by atoms with E-state index in [1.54, 1.807) is 30.3 Å². The number of methoxy groups -OCH3 is 1. The summed E-state index contributed by atoms with van der Waals surface area (Å²) in [6.07, 6.45) is 4.96. The number of benzene rings is 2. The molecule has 0 aliphatic rings. The van der Waals surface area contributed by atoms with E-state index in [0.717, 1.165) is 11.4 Å². The number of furan rings is 1. The van der Waals surface area contributed by atoms with E-state index < -0.39 is 0 Å². The number of aromatic nitrogens is 2. The SMILES string of the molecule is COc1ccccc1NCC(=O)N/N=C\c1cn(-c2ccccc2)nc1-c1ccco1. The van der Waals surface area contributed by atoms with Crippen molar-refractivity contribution in [3.05, 3.63) is 84.8 Å². The number of anilines is 1. The molecule has 2 N–H and O–H groups in total. The molecule has 156 valence electrons. The number of para-hydroxylation sites is 3. The van der Waals surface area contributed by atoms with Crippen molar-refractivity contribution in [3.8, 4) is 22.9 Å². The van der Waals surface area contributed by atoms with Crippen molar-refractivity contribution in [1.29, 1.82) is 0 Å². The summed E-state index contributed by atoms with van der Waals surface area (Å²) in [6, 6.07) is 20.7. The van der Waals surface area contributed by atoms with E-state index in [4.69, 9.17) is 9.15 Å². The fraction of sp³-hybridized carbons (Fsp3) is 0.0870. The molecule has 4 aromatic rings. The van der Waals surface area contributed by atoms with Gasteiger partial charge in [-0.05, 0) is 36.4 Å². The highest BCUT2D eigenvalue weighted by Gasteiger charge is 2.13. The average molecular weight is 415 g/mol. The second-order valence-corrected chi connectivity index (χ2v) is 6.54. The summed E-state index contributed by atoms with van der Waals surface area (Å²) >= 11 is 0. The number of amides is 1. The van der Waals surface area contributed by atoms with Crippen LogP contribution in [0.25, 0.3) is 17.1 Å². The minimum absolute atomic E-state index is 0.0477. The van der Waals surface area contributed by atoms with Gasteiger partial charge in [-0.3, -0.25) is 4.79 Å². The highest BCUT2D eigenvalue weighted by molar-refractivity contribution is 5.89. The van der Waals surface area contributed by atoms with E-state index >= 15 is 0 Å². The Kier molecular flexibility index (Phi) is 6.08. The molecule has 0 unspecified atom stereocenters. The van der Waals surface area contributed by atoms with Gasteiger partial charge >= 0.3 is 0 Å². The predicted molar refractivity (Wildman–Crippen MR) is 118 cm³/mol. The Labute approximate surface area is 179 Å². The van der Waals surface area contributed by atoms with E-state index in [-0.39, 0.29) is 12.5 Å². The number of hydrogen-bond donors (Lipinski definition) is 2. The van der Waals surface area contributed by atoms with Crippen LogP contribution in [-0.2, 0) is 4.79 Å². The molecular formula is C23H21N5O3. The number of hydrogen-bond acceptors (Lipinski definition) is 6. The van der Waals surface area contributed by atoms with Gasteiger partial charge in [0.05, 0.1) is 37.5 Å². The van der Waals surface area contributed by atoms with Crippen LogP contribution in [0, 0.1) is 0 Å². The molecule has 0 bridgehead atoms. The lowest BCUT2D eigenvalue weighted by Gasteiger charge is -2.09. The van der Waals surface area contributed by atoms with E-state index in [1.807, 2.05) is 66.9 Å². The molecule has 2 aromatic heterocycles. The molecule has 8 nitrogen and oxygen atoms in total. The summed E-state index contributed by atoms with van der Waals surface area (Å²) in [5, 5.41) is 11.7. The first-order valence-corrected chi connectivity index (χ1v) is 9.62. The van der Waals surface area contributed by atoms with Crippen LogP contribution in [0.5, 0.6) is 5.75 Å². The topological polar surface area (TPSA) is 93.7 Å². The van der Waals surface area contributed by atoms with Crippen molar-refractivity contribution >= 4 is 17.8 Å². The van der Waals surface area contributed by atoms with Crippen molar-refractivity contribution in [2.75, 3.05) is 19.0 Å². The Morgan fingerprint density at radius 3 is 2.71 bits per heavy atom. The summed E-state index contributed by atoms with van der Waals surface area (Å²) in [6.45, 7) is 0.0477. The largest absolute Gasteiger partial charge is 0.495 e. The van der Waals surface area contributed by atoms with Crippen LogP contribution < -0.4 is 15.5 Å². The van der Waals surface area contributed by atoms with Crippen LogP contribution in [0.2, 0.25) is 0 Å². The Balaban J connectivity index is 1.45. The average Bonchev–Trinajstić information content (AvgIpc) is 3.48. The lowest BCUT2D eigenvalue weighted by Crippen LogP contribution is -2.26. The number of ether oxygens (including phenoxy) is 1. The molecule has 2 aromatic carbocycles. The third-order valence-corrected chi connectivity index (χ3v) is 4.46. The van der Waals surface area contributed by atoms with Gasteiger partial charge in [-0.1, -0.05) is 30.3 Å². The maximum absolute atomic E-state index is 12.2. The standard InChI is InChI=1S/C23H21N5O3/c1-30-20-11-6-5-10-19(20)24-15-22(29)26-25-14-17-16-28(18-8-3-2-4-9-18)27-23(17)21-12-7-13-31-21/h2-14,16,24H,15H2,1H3,(H,26,29)/b25-14-. The quantitative estimate of drug-likeness (QED) is 0.338. The molecule has 0 atom stereocenters. The van der Waals surface area contributed by atoms with Crippen LogP contribution in [0.15, 0.2) is 88.7 Å². The van der Waals surface area contributed by atoms with Crippen LogP contribution in [0.1, 0.15) is 5.56 Å². The fourth-order valence-electron chi connectivity index (χ4n) is 2.98. The van der Waals surface area contributed by atoms with E-state index in [2.05, 4.69) is 20.9 Å². The van der Waals surface area contributed by atoms with Crippen molar-refractivity contribution in [2.24, 2.45) is 5.10 Å². The molecule has 0 saturated carbocycles. The van der Waals surface area contributed by atoms with Gasteiger partial charge < -0.3 is 14.5 Å². The normalized spacial score (nSPS) is 10.9. The molecule has 8 heteroatoms. The molecule has 0 saturated heterocycles. The molecule has 0 spiro atoms. The number of nitrogens with zero attached hydrogens (tertiary/aromatic N) is 3. The zero-order chi connectivity index (χ0) is 21.5. The first-order chi connectivity index (χ1) is 15.2. The second-order valence-electron chi connectivity index (χ2n) is 6.54. The highest BCUT2D eigenvalue weighted by Crippen LogP contribution is 2.23. The Hall–Kier alpha value is -4.33. The minimum Gasteiger partial charge on any atom is -0.495 e. The molecule has 0 fully saturated rings. The molecule has 2 heterocycles. The lowest BCUT2D eigenvalue weighted by molar-refractivity contribution is -0.119. The Morgan fingerprint density at radius 1 is 1.13 bits per heavy atom. The summed E-state index contributed by atoms with van der Waals surface area (Å²) in [4.78, 5) is 12.2. The Bertz CT molecular complexity index is 1170. The second kappa shape index (κ2) is 9.45. The summed E-state index contributed by atoms with van der Waals surface area (Å²) < 4.78 is 12.5. The first kappa shape index (κ1) is 20.0. The zero-order valence-electron chi connectivity index (χ0n) is 16.9. The van der Waals surface area contributed by atoms with Crippen molar-refractivity contribution in [3.63, 3.8) is 0 Å². The number of hydrazone groups is 1. The van der Waals surface area contributed by atoms with E-state index in [1.165, 1.54) is 0 Å². The maximum atomic E-state index is 12.2. The van der Waals surface area contributed by atoms with Crippen LogP contribution in [0.3, 0.4) is 0 Å². The van der Waals surface area contributed by atoms with E-state index in [0.29, 0.717) is 22.8 Å². The van der Waals surface area contributed by atoms with Gasteiger partial charge in [0.2, 0.25) is 0 Å². The van der Waals surface area contributed by atoms with Crippen molar-refractivity contribution in [2.45, 2.75) is 0 Å². The molecule has 0 radical (unpaired) electrons. The summed E-state index contributed by atoms with van der Waals surface area (Å²) in [7, 11) is 1.58. The first-order valence-electron chi connectivity index (χ1n) is 9.62. The predicted octanol–water partition coefficient (Wildman–Crippen LogP) is 3.70. The molecule has 0 aliphatic heterocycles. The van der Waals surface area contributed by atoms with Gasteiger partial charge in [0.25, 0.3) is 5.91 Å². The third kappa shape index (κ3) is 4.81. The molecule has 1 amide bonds. The van der Waals surface area contributed by atoms with Gasteiger partial charge in [0.15, 0.2) is 5.76 Å². The van der Waals surface area contributed by atoms with Gasteiger partial charge in [0.1, 0.15) is 11.4 Å². The van der Waals surface area contributed by atoms with Gasteiger partial charge in [0, 0.05) is 11.8 Å². The lowest BCUT2D eigenvalue weighted by atomic mass is 10.2. The number of carbonyl (C=O) groups excluding carboxylic acids is 1. The van der Waals surface area contributed by atoms with Crippen LogP contribution in [-0.4, -0.2) is 35.6 Å². The van der Waals surface area contributed by atoms with Crippen LogP contribution in [0.4, 0.5) is 5.69 Å². The number of carbonyl (C=O) groups is 1. The summed E-state index contributed by atoms with van der Waals surface area (Å²) in [5.41, 5.74) is 5.48. The molecule has 0 aliphatic carbocycles. The maximum Gasteiger partial charge on any atom is 0.259 e. The van der Waals surface area contributed by atoms with Crippen molar-refractivity contribution in [1.82, 2.24) is 15.2 Å². The van der Waals surface area contributed by atoms with Crippen molar-refractivity contribution < 1.29 is 13.9 Å². The fourth-order valence-corrected chi connectivity index (χ4v) is 2.98. The zero-order valence-corrected chi connectivity index (χ0v) is 16.9. The number of nitrogens with one attached hydrogen (secondary N) is 2. The number of rotatable bonds is 8. The monoisotopic (exact) mass is 415 g/mol. The van der Waals surface area contributed by atoms with E-state index in [9.17, 15) is 4.79 Å².